The number of hydrogen-bond acceptors (Lipinski definition) is 4. The highest BCUT2D eigenvalue weighted by atomic mass is 32.2. The number of carboxylic acids is 1. The lowest BCUT2D eigenvalue weighted by molar-refractivity contribution is -0.138. The molecule has 0 saturated heterocycles. The van der Waals surface area contributed by atoms with Crippen LogP contribution in [-0.4, -0.2) is 52.0 Å². The predicted molar refractivity (Wildman–Crippen MR) is 125 cm³/mol. The molecule has 0 radical (unpaired) electrons. The van der Waals surface area contributed by atoms with E-state index in [0.29, 0.717) is 17.9 Å². The Bertz CT molecular complexity index is 886. The third kappa shape index (κ3) is 7.43. The average Bonchev–Trinajstić information content (AvgIpc) is 2.76. The SMILES string of the molecule is CCCN(C(=O)N[C@@H](CSCC(C)C)C(=O)O)C(=O)c1cccc(-c2ccccc2)c1. The van der Waals surface area contributed by atoms with Gasteiger partial charge in [-0.3, -0.25) is 9.69 Å². The number of aliphatic carboxylic acids is 1. The monoisotopic (exact) mass is 442 g/mol. The summed E-state index contributed by atoms with van der Waals surface area (Å²) in [6.45, 7) is 6.16. The van der Waals surface area contributed by atoms with Crippen LogP contribution in [0.5, 0.6) is 0 Å². The van der Waals surface area contributed by atoms with Gasteiger partial charge in [-0.1, -0.05) is 63.2 Å². The normalized spacial score (nSPS) is 11.7. The Labute approximate surface area is 188 Å². The fourth-order valence-electron chi connectivity index (χ4n) is 2.96. The first kappa shape index (κ1) is 24.5. The molecule has 0 heterocycles. The lowest BCUT2D eigenvalue weighted by atomic mass is 10.0. The molecule has 31 heavy (non-hydrogen) atoms. The molecule has 0 aliphatic heterocycles. The fourth-order valence-corrected chi connectivity index (χ4v) is 4.03. The molecule has 3 amide bonds. The number of rotatable bonds is 10. The van der Waals surface area contributed by atoms with Crippen LogP contribution in [0, 0.1) is 5.92 Å². The van der Waals surface area contributed by atoms with Gasteiger partial charge in [0, 0.05) is 17.9 Å². The van der Waals surface area contributed by atoms with Crippen molar-refractivity contribution in [3.8, 4) is 11.1 Å². The van der Waals surface area contributed by atoms with E-state index < -0.39 is 23.9 Å². The second kappa shape index (κ2) is 12.2. The molecule has 2 aromatic rings. The molecule has 2 rings (SSSR count). The predicted octanol–water partition coefficient (Wildman–Crippen LogP) is 4.76. The van der Waals surface area contributed by atoms with Gasteiger partial charge in [0.2, 0.25) is 0 Å². The van der Waals surface area contributed by atoms with Crippen molar-refractivity contribution in [2.75, 3.05) is 18.1 Å². The van der Waals surface area contributed by atoms with Crippen LogP contribution in [-0.2, 0) is 4.79 Å². The van der Waals surface area contributed by atoms with Crippen LogP contribution in [0.15, 0.2) is 54.6 Å². The molecule has 0 aromatic heterocycles. The van der Waals surface area contributed by atoms with Crippen LogP contribution >= 0.6 is 11.8 Å². The van der Waals surface area contributed by atoms with Crippen molar-refractivity contribution >= 4 is 29.7 Å². The second-order valence-corrected chi connectivity index (χ2v) is 8.75. The van der Waals surface area contributed by atoms with Crippen molar-refractivity contribution in [1.82, 2.24) is 10.2 Å². The van der Waals surface area contributed by atoms with Crippen LogP contribution in [0.2, 0.25) is 0 Å². The number of carbonyl (C=O) groups is 3. The van der Waals surface area contributed by atoms with Gasteiger partial charge in [0.05, 0.1) is 0 Å². The van der Waals surface area contributed by atoms with E-state index >= 15 is 0 Å². The number of thioether (sulfide) groups is 1. The molecule has 0 saturated carbocycles. The first-order valence-electron chi connectivity index (χ1n) is 10.4. The number of carbonyl (C=O) groups excluding carboxylic acids is 2. The van der Waals surface area contributed by atoms with Gasteiger partial charge in [-0.05, 0) is 41.4 Å². The van der Waals surface area contributed by atoms with E-state index in [1.165, 1.54) is 11.8 Å². The maximum absolute atomic E-state index is 13.1. The first-order chi connectivity index (χ1) is 14.8. The molecular weight excluding hydrogens is 412 g/mol. The van der Waals surface area contributed by atoms with E-state index in [1.54, 1.807) is 18.2 Å². The number of hydrogen-bond donors (Lipinski definition) is 2. The number of amides is 3. The number of carboxylic acid groups (broad SMARTS) is 1. The summed E-state index contributed by atoms with van der Waals surface area (Å²) >= 11 is 1.47. The molecule has 2 aromatic carbocycles. The quantitative estimate of drug-likeness (QED) is 0.554. The molecule has 166 valence electrons. The minimum absolute atomic E-state index is 0.200. The molecule has 1 atom stereocenters. The lowest BCUT2D eigenvalue weighted by Crippen LogP contribution is -2.51. The molecule has 0 unspecified atom stereocenters. The summed E-state index contributed by atoms with van der Waals surface area (Å²) < 4.78 is 0. The molecule has 0 aliphatic carbocycles. The molecule has 0 spiro atoms. The van der Waals surface area contributed by atoms with Gasteiger partial charge in [-0.2, -0.15) is 11.8 Å². The van der Waals surface area contributed by atoms with Gasteiger partial charge >= 0.3 is 12.0 Å². The Hall–Kier alpha value is -2.80. The second-order valence-electron chi connectivity index (χ2n) is 7.68. The zero-order valence-corrected chi connectivity index (χ0v) is 19.0. The van der Waals surface area contributed by atoms with Crippen molar-refractivity contribution in [3.63, 3.8) is 0 Å². The number of nitrogens with one attached hydrogen (secondary N) is 1. The van der Waals surface area contributed by atoms with Crippen molar-refractivity contribution < 1.29 is 19.5 Å². The van der Waals surface area contributed by atoms with E-state index in [9.17, 15) is 19.5 Å². The number of imide groups is 1. The highest BCUT2D eigenvalue weighted by molar-refractivity contribution is 7.99. The first-order valence-corrected chi connectivity index (χ1v) is 11.6. The zero-order valence-electron chi connectivity index (χ0n) is 18.2. The molecule has 0 bridgehead atoms. The summed E-state index contributed by atoms with van der Waals surface area (Å²) in [5, 5.41) is 12.0. The molecular formula is C24H30N2O4S. The Kier molecular flexibility index (Phi) is 9.59. The highest BCUT2D eigenvalue weighted by Gasteiger charge is 2.27. The molecule has 7 heteroatoms. The van der Waals surface area contributed by atoms with Crippen molar-refractivity contribution in [3.05, 3.63) is 60.2 Å². The standard InChI is InChI=1S/C24H30N2O4S/c1-4-13-26(24(30)25-21(23(28)29)16-31-15-17(2)3)22(27)20-12-8-11-19(14-20)18-9-6-5-7-10-18/h5-12,14,17,21H,4,13,15-16H2,1-3H3,(H,25,30)(H,28,29)/t21-/m0/s1. The fraction of sp³-hybridized carbons (Fsp3) is 0.375. The minimum Gasteiger partial charge on any atom is -0.480 e. The Balaban J connectivity index is 2.17. The summed E-state index contributed by atoms with van der Waals surface area (Å²) in [7, 11) is 0. The minimum atomic E-state index is -1.11. The van der Waals surface area contributed by atoms with E-state index in [-0.39, 0.29) is 12.3 Å². The van der Waals surface area contributed by atoms with Gasteiger partial charge in [0.15, 0.2) is 0 Å². The van der Waals surface area contributed by atoms with Gasteiger partial charge in [-0.15, -0.1) is 0 Å². The van der Waals surface area contributed by atoms with E-state index in [2.05, 4.69) is 5.32 Å². The average molecular weight is 443 g/mol. The summed E-state index contributed by atoms with van der Waals surface area (Å²) in [5.41, 5.74) is 2.22. The Morgan fingerprint density at radius 2 is 1.68 bits per heavy atom. The van der Waals surface area contributed by atoms with Gasteiger partial charge < -0.3 is 10.4 Å². The summed E-state index contributed by atoms with van der Waals surface area (Å²) in [6, 6.07) is 15.0. The van der Waals surface area contributed by atoms with Crippen LogP contribution in [0.4, 0.5) is 4.79 Å². The van der Waals surface area contributed by atoms with Crippen LogP contribution in [0.1, 0.15) is 37.6 Å². The maximum Gasteiger partial charge on any atom is 0.327 e. The summed E-state index contributed by atoms with van der Waals surface area (Å²) in [4.78, 5) is 38.7. The van der Waals surface area contributed by atoms with Crippen molar-refractivity contribution in [1.29, 1.82) is 0 Å². The summed E-state index contributed by atoms with van der Waals surface area (Å²) in [5.74, 6) is -0.0960. The van der Waals surface area contributed by atoms with E-state index in [1.807, 2.05) is 57.2 Å². The van der Waals surface area contributed by atoms with Gasteiger partial charge in [0.1, 0.15) is 6.04 Å². The van der Waals surface area contributed by atoms with E-state index in [0.717, 1.165) is 21.8 Å². The van der Waals surface area contributed by atoms with Crippen LogP contribution in [0.3, 0.4) is 0 Å². The van der Waals surface area contributed by atoms with Gasteiger partial charge in [0.25, 0.3) is 5.91 Å². The number of benzene rings is 2. The maximum atomic E-state index is 13.1. The molecule has 6 nitrogen and oxygen atoms in total. The Morgan fingerprint density at radius 1 is 1.00 bits per heavy atom. The topological polar surface area (TPSA) is 86.7 Å². The van der Waals surface area contributed by atoms with Crippen molar-refractivity contribution in [2.24, 2.45) is 5.92 Å². The summed E-state index contributed by atoms with van der Waals surface area (Å²) in [6.07, 6.45) is 0.567. The number of urea groups is 1. The molecule has 2 N–H and O–H groups in total. The van der Waals surface area contributed by atoms with Crippen LogP contribution in [0.25, 0.3) is 11.1 Å². The highest BCUT2D eigenvalue weighted by Crippen LogP contribution is 2.21. The third-order valence-electron chi connectivity index (χ3n) is 4.49. The smallest absolute Gasteiger partial charge is 0.327 e. The molecule has 0 aliphatic rings. The molecule has 0 fully saturated rings. The Morgan fingerprint density at radius 3 is 2.29 bits per heavy atom. The van der Waals surface area contributed by atoms with E-state index in [4.69, 9.17) is 0 Å². The number of nitrogens with zero attached hydrogens (tertiary/aromatic N) is 1. The third-order valence-corrected chi connectivity index (χ3v) is 5.96. The zero-order chi connectivity index (χ0) is 22.8. The lowest BCUT2D eigenvalue weighted by Gasteiger charge is -2.23. The van der Waals surface area contributed by atoms with Gasteiger partial charge in [-0.25, -0.2) is 9.59 Å². The largest absolute Gasteiger partial charge is 0.480 e. The van der Waals surface area contributed by atoms with Crippen molar-refractivity contribution in [2.45, 2.75) is 33.2 Å². The van der Waals surface area contributed by atoms with Crippen LogP contribution < -0.4 is 5.32 Å².